The highest BCUT2D eigenvalue weighted by molar-refractivity contribution is 6.07. The lowest BCUT2D eigenvalue weighted by Crippen LogP contribution is -2.32. The lowest BCUT2D eigenvalue weighted by Gasteiger charge is -2.33. The summed E-state index contributed by atoms with van der Waals surface area (Å²) in [6.45, 7) is 4.40. The molecule has 1 heterocycles. The van der Waals surface area contributed by atoms with Crippen LogP contribution in [0.3, 0.4) is 0 Å². The van der Waals surface area contributed by atoms with Gasteiger partial charge in [0.05, 0.1) is 5.56 Å². The highest BCUT2D eigenvalue weighted by Gasteiger charge is 2.19. The summed E-state index contributed by atoms with van der Waals surface area (Å²) in [6.07, 6.45) is 2.41. The Morgan fingerprint density at radius 1 is 1.10 bits per heavy atom. The molecule has 0 aliphatic carbocycles. The van der Waals surface area contributed by atoms with Crippen LogP contribution >= 0.6 is 0 Å². The number of hydrogen-bond donors (Lipinski definition) is 1. The van der Waals surface area contributed by atoms with Gasteiger partial charge < -0.3 is 10.0 Å². The second kappa shape index (κ2) is 5.16. The largest absolute Gasteiger partial charge is 0.478 e. The zero-order valence-electron chi connectivity index (χ0n) is 11.7. The third-order valence-corrected chi connectivity index (χ3v) is 4.26. The van der Waals surface area contributed by atoms with Gasteiger partial charge in [-0.1, -0.05) is 31.2 Å². The van der Waals surface area contributed by atoms with Crippen molar-refractivity contribution in [3.8, 4) is 0 Å². The van der Waals surface area contributed by atoms with Crippen molar-refractivity contribution >= 4 is 22.4 Å². The Hall–Kier alpha value is -2.03. The molecule has 0 radical (unpaired) electrons. The number of carbonyl (C=O) groups is 1. The third kappa shape index (κ3) is 2.24. The van der Waals surface area contributed by atoms with Crippen LogP contribution in [0.4, 0.5) is 5.69 Å². The van der Waals surface area contributed by atoms with Gasteiger partial charge in [0.25, 0.3) is 0 Å². The third-order valence-electron chi connectivity index (χ3n) is 4.26. The number of piperidine rings is 1. The molecule has 2 aromatic carbocycles. The maximum Gasteiger partial charge on any atom is 0.336 e. The van der Waals surface area contributed by atoms with Crippen LogP contribution in [-0.4, -0.2) is 24.2 Å². The Morgan fingerprint density at radius 2 is 1.75 bits per heavy atom. The van der Waals surface area contributed by atoms with Gasteiger partial charge in [0.2, 0.25) is 0 Å². The number of anilines is 1. The van der Waals surface area contributed by atoms with Crippen LogP contribution in [0.5, 0.6) is 0 Å². The summed E-state index contributed by atoms with van der Waals surface area (Å²) in [4.78, 5) is 13.7. The first-order chi connectivity index (χ1) is 9.66. The standard InChI is InChI=1S/C17H19NO2/c1-12-8-10-18(11-9-12)16-7-6-15(17(19)20)13-4-2-3-5-14(13)16/h2-7,12H,8-11H2,1H3,(H,19,20). The lowest BCUT2D eigenvalue weighted by atomic mass is 9.96. The zero-order chi connectivity index (χ0) is 14.1. The molecular weight excluding hydrogens is 250 g/mol. The highest BCUT2D eigenvalue weighted by Crippen LogP contribution is 2.32. The molecule has 0 aromatic heterocycles. The van der Waals surface area contributed by atoms with Gasteiger partial charge >= 0.3 is 5.97 Å². The first-order valence-corrected chi connectivity index (χ1v) is 7.17. The second-order valence-electron chi connectivity index (χ2n) is 5.65. The number of fused-ring (bicyclic) bond motifs is 1. The molecule has 0 atom stereocenters. The molecular formula is C17H19NO2. The quantitative estimate of drug-likeness (QED) is 0.902. The average molecular weight is 269 g/mol. The average Bonchev–Trinajstić information content (AvgIpc) is 2.47. The Bertz CT molecular complexity index is 642. The molecule has 1 aliphatic rings. The fourth-order valence-electron chi connectivity index (χ4n) is 2.99. The van der Waals surface area contributed by atoms with Gasteiger partial charge in [-0.2, -0.15) is 0 Å². The second-order valence-corrected chi connectivity index (χ2v) is 5.65. The fourth-order valence-corrected chi connectivity index (χ4v) is 2.99. The summed E-state index contributed by atoms with van der Waals surface area (Å²) in [5, 5.41) is 11.2. The molecule has 104 valence electrons. The van der Waals surface area contributed by atoms with E-state index in [0.29, 0.717) is 5.56 Å². The SMILES string of the molecule is CC1CCN(c2ccc(C(=O)O)c3ccccc23)CC1. The Balaban J connectivity index is 2.08. The van der Waals surface area contributed by atoms with Crippen LogP contribution < -0.4 is 4.90 Å². The van der Waals surface area contributed by atoms with Crippen molar-refractivity contribution in [2.45, 2.75) is 19.8 Å². The smallest absolute Gasteiger partial charge is 0.336 e. The first-order valence-electron chi connectivity index (χ1n) is 7.17. The van der Waals surface area contributed by atoms with E-state index in [9.17, 15) is 9.90 Å². The van der Waals surface area contributed by atoms with Crippen molar-refractivity contribution in [3.05, 3.63) is 42.0 Å². The molecule has 3 rings (SSSR count). The van der Waals surface area contributed by atoms with E-state index < -0.39 is 5.97 Å². The molecule has 1 fully saturated rings. The monoisotopic (exact) mass is 269 g/mol. The van der Waals surface area contributed by atoms with E-state index in [1.807, 2.05) is 30.3 Å². The Kier molecular flexibility index (Phi) is 3.35. The van der Waals surface area contributed by atoms with Crippen molar-refractivity contribution in [1.29, 1.82) is 0 Å². The first kappa shape index (κ1) is 13.0. The van der Waals surface area contributed by atoms with E-state index in [-0.39, 0.29) is 0 Å². The summed E-state index contributed by atoms with van der Waals surface area (Å²) in [6, 6.07) is 11.5. The van der Waals surface area contributed by atoms with Crippen molar-refractivity contribution in [1.82, 2.24) is 0 Å². The van der Waals surface area contributed by atoms with Crippen LogP contribution in [0.1, 0.15) is 30.1 Å². The van der Waals surface area contributed by atoms with E-state index in [0.717, 1.165) is 35.5 Å². The molecule has 0 spiro atoms. The molecule has 1 N–H and O–H groups in total. The molecule has 0 amide bonds. The summed E-state index contributed by atoms with van der Waals surface area (Å²) in [5.41, 5.74) is 1.55. The van der Waals surface area contributed by atoms with Gasteiger partial charge in [0.15, 0.2) is 0 Å². The van der Waals surface area contributed by atoms with Gasteiger partial charge in [-0.05, 0) is 36.3 Å². The number of nitrogens with zero attached hydrogens (tertiary/aromatic N) is 1. The topological polar surface area (TPSA) is 40.5 Å². The van der Waals surface area contributed by atoms with E-state index in [4.69, 9.17) is 0 Å². The van der Waals surface area contributed by atoms with E-state index in [1.165, 1.54) is 12.8 Å². The number of aromatic carboxylic acids is 1. The molecule has 3 nitrogen and oxygen atoms in total. The highest BCUT2D eigenvalue weighted by atomic mass is 16.4. The van der Waals surface area contributed by atoms with E-state index in [2.05, 4.69) is 11.8 Å². The zero-order valence-corrected chi connectivity index (χ0v) is 11.7. The summed E-state index contributed by atoms with van der Waals surface area (Å²) in [5.74, 6) is -0.0733. The number of rotatable bonds is 2. The molecule has 1 saturated heterocycles. The summed E-state index contributed by atoms with van der Waals surface area (Å²) >= 11 is 0. The maximum absolute atomic E-state index is 11.3. The summed E-state index contributed by atoms with van der Waals surface area (Å²) < 4.78 is 0. The van der Waals surface area contributed by atoms with Crippen LogP contribution in [0.15, 0.2) is 36.4 Å². The molecule has 0 unspecified atom stereocenters. The van der Waals surface area contributed by atoms with E-state index in [1.54, 1.807) is 6.07 Å². The van der Waals surface area contributed by atoms with Gasteiger partial charge in [-0.3, -0.25) is 0 Å². The van der Waals surface area contributed by atoms with Crippen molar-refractivity contribution in [3.63, 3.8) is 0 Å². The molecule has 1 aliphatic heterocycles. The number of benzene rings is 2. The van der Waals surface area contributed by atoms with Crippen molar-refractivity contribution < 1.29 is 9.90 Å². The predicted molar refractivity (Wildman–Crippen MR) is 81.5 cm³/mol. The minimum atomic E-state index is -0.861. The van der Waals surface area contributed by atoms with Gasteiger partial charge in [0, 0.05) is 24.2 Å². The van der Waals surface area contributed by atoms with Gasteiger partial charge in [-0.25, -0.2) is 4.79 Å². The van der Waals surface area contributed by atoms with Crippen molar-refractivity contribution in [2.75, 3.05) is 18.0 Å². The lowest BCUT2D eigenvalue weighted by molar-refractivity contribution is 0.0699. The molecule has 20 heavy (non-hydrogen) atoms. The van der Waals surface area contributed by atoms with Crippen molar-refractivity contribution in [2.24, 2.45) is 5.92 Å². The Labute approximate surface area is 118 Å². The Morgan fingerprint density at radius 3 is 2.40 bits per heavy atom. The fraction of sp³-hybridized carbons (Fsp3) is 0.353. The molecule has 2 aromatic rings. The number of hydrogen-bond acceptors (Lipinski definition) is 2. The van der Waals surface area contributed by atoms with Crippen LogP contribution in [0.25, 0.3) is 10.8 Å². The van der Waals surface area contributed by atoms with Crippen LogP contribution in [-0.2, 0) is 0 Å². The number of carboxylic acids is 1. The van der Waals surface area contributed by atoms with Crippen LogP contribution in [0, 0.1) is 5.92 Å². The maximum atomic E-state index is 11.3. The normalized spacial score (nSPS) is 16.6. The van der Waals surface area contributed by atoms with E-state index >= 15 is 0 Å². The van der Waals surface area contributed by atoms with Gasteiger partial charge in [-0.15, -0.1) is 0 Å². The molecule has 0 saturated carbocycles. The molecule has 0 bridgehead atoms. The minimum absolute atomic E-state index is 0.384. The molecule has 3 heteroatoms. The van der Waals surface area contributed by atoms with Gasteiger partial charge in [0.1, 0.15) is 0 Å². The predicted octanol–water partition coefficient (Wildman–Crippen LogP) is 3.77. The van der Waals surface area contributed by atoms with Crippen LogP contribution in [0.2, 0.25) is 0 Å². The summed E-state index contributed by atoms with van der Waals surface area (Å²) in [7, 11) is 0. The minimum Gasteiger partial charge on any atom is -0.478 e. The number of carboxylic acid groups (broad SMARTS) is 1.